The molecule has 5 nitrogen and oxygen atoms in total. The third kappa shape index (κ3) is 2.80. The van der Waals surface area contributed by atoms with Crippen LogP contribution in [0, 0.1) is 6.92 Å². The van der Waals surface area contributed by atoms with E-state index in [1.807, 2.05) is 0 Å². The van der Waals surface area contributed by atoms with Crippen molar-refractivity contribution in [3.8, 4) is 5.75 Å². The van der Waals surface area contributed by atoms with Gasteiger partial charge in [0.2, 0.25) is 0 Å². The number of hydrogen-bond acceptors (Lipinski definition) is 4. The van der Waals surface area contributed by atoms with Gasteiger partial charge in [0.15, 0.2) is 15.6 Å². The van der Waals surface area contributed by atoms with Crippen LogP contribution >= 0.6 is 0 Å². The summed E-state index contributed by atoms with van der Waals surface area (Å²) in [6.45, 7) is 1.80. The van der Waals surface area contributed by atoms with Crippen molar-refractivity contribution in [3.63, 3.8) is 0 Å². The van der Waals surface area contributed by atoms with Gasteiger partial charge in [0.25, 0.3) is 0 Å². The quantitative estimate of drug-likeness (QED) is 0.739. The smallest absolute Gasteiger partial charge is 0.195 e. The standard InChI is InChI=1S/C18H17NO4S/c1-11-17(18(20)12-4-6-13(23-2)7-5-12)15-9-8-14(24(3,21)22)10-16(15)19-11/h4-10,19H,1-3H3. The number of hydrogen-bond donors (Lipinski definition) is 1. The maximum Gasteiger partial charge on any atom is 0.195 e. The molecule has 0 aliphatic heterocycles. The van der Waals surface area contributed by atoms with Crippen molar-refractivity contribution in [1.29, 1.82) is 0 Å². The number of aromatic nitrogens is 1. The zero-order valence-electron chi connectivity index (χ0n) is 13.6. The van der Waals surface area contributed by atoms with Crippen LogP contribution in [0.1, 0.15) is 21.6 Å². The number of nitrogens with one attached hydrogen (secondary N) is 1. The Balaban J connectivity index is 2.11. The fourth-order valence-electron chi connectivity index (χ4n) is 2.72. The first-order chi connectivity index (χ1) is 11.3. The molecule has 0 spiro atoms. The normalized spacial score (nSPS) is 11.6. The molecule has 0 saturated carbocycles. The number of sulfone groups is 1. The van der Waals surface area contributed by atoms with Crippen LogP contribution in [0.4, 0.5) is 0 Å². The summed E-state index contributed by atoms with van der Waals surface area (Å²) in [4.78, 5) is 16.2. The first-order valence-corrected chi connectivity index (χ1v) is 9.21. The van der Waals surface area contributed by atoms with E-state index in [-0.39, 0.29) is 10.7 Å². The molecule has 2 aromatic carbocycles. The zero-order valence-corrected chi connectivity index (χ0v) is 14.4. The van der Waals surface area contributed by atoms with E-state index in [0.29, 0.717) is 33.5 Å². The summed E-state index contributed by atoms with van der Waals surface area (Å²) in [6.07, 6.45) is 1.16. The van der Waals surface area contributed by atoms with Crippen molar-refractivity contribution in [2.24, 2.45) is 0 Å². The van der Waals surface area contributed by atoms with E-state index in [9.17, 15) is 13.2 Å². The predicted molar refractivity (Wildman–Crippen MR) is 92.6 cm³/mol. The largest absolute Gasteiger partial charge is 0.497 e. The molecule has 1 heterocycles. The summed E-state index contributed by atoms with van der Waals surface area (Å²) in [7, 11) is -1.73. The number of carbonyl (C=O) groups is 1. The summed E-state index contributed by atoms with van der Waals surface area (Å²) in [5, 5.41) is 0.709. The average Bonchev–Trinajstić information content (AvgIpc) is 2.88. The zero-order chi connectivity index (χ0) is 17.5. The Hall–Kier alpha value is -2.60. The molecule has 0 fully saturated rings. The van der Waals surface area contributed by atoms with Gasteiger partial charge >= 0.3 is 0 Å². The van der Waals surface area contributed by atoms with Crippen LogP contribution in [0.2, 0.25) is 0 Å². The molecule has 24 heavy (non-hydrogen) atoms. The molecule has 0 bridgehead atoms. The predicted octanol–water partition coefficient (Wildman–Crippen LogP) is 3.12. The van der Waals surface area contributed by atoms with Crippen LogP contribution in [-0.2, 0) is 9.84 Å². The maximum absolute atomic E-state index is 12.8. The molecular weight excluding hydrogens is 326 g/mol. The van der Waals surface area contributed by atoms with Gasteiger partial charge in [0.05, 0.1) is 17.6 Å². The number of H-pyrrole nitrogens is 1. The Kier molecular flexibility index (Phi) is 3.93. The topological polar surface area (TPSA) is 76.2 Å². The minimum absolute atomic E-state index is 0.117. The van der Waals surface area contributed by atoms with Gasteiger partial charge in [-0.1, -0.05) is 6.07 Å². The minimum Gasteiger partial charge on any atom is -0.497 e. The third-order valence-corrected chi connectivity index (χ3v) is 5.08. The molecular formula is C18H17NO4S. The van der Waals surface area contributed by atoms with Gasteiger partial charge in [0.1, 0.15) is 5.75 Å². The summed E-state index contributed by atoms with van der Waals surface area (Å²) < 4.78 is 28.5. The van der Waals surface area contributed by atoms with Crippen LogP contribution in [0.15, 0.2) is 47.4 Å². The van der Waals surface area contributed by atoms with Gasteiger partial charge in [0, 0.05) is 28.4 Å². The number of methoxy groups -OCH3 is 1. The summed E-state index contributed by atoms with van der Waals surface area (Å²) >= 11 is 0. The Morgan fingerprint density at radius 2 is 1.75 bits per heavy atom. The van der Waals surface area contributed by atoms with Gasteiger partial charge in [-0.3, -0.25) is 4.79 Å². The number of rotatable bonds is 4. The minimum atomic E-state index is -3.30. The van der Waals surface area contributed by atoms with E-state index < -0.39 is 9.84 Å². The highest BCUT2D eigenvalue weighted by atomic mass is 32.2. The SMILES string of the molecule is COc1ccc(C(=O)c2c(C)[nH]c3cc(S(C)(=O)=O)ccc23)cc1. The van der Waals surface area contributed by atoms with Crippen molar-refractivity contribution in [2.45, 2.75) is 11.8 Å². The number of fused-ring (bicyclic) bond motifs is 1. The van der Waals surface area contributed by atoms with E-state index in [1.54, 1.807) is 50.4 Å². The van der Waals surface area contributed by atoms with Crippen LogP contribution in [0.25, 0.3) is 10.9 Å². The molecule has 0 amide bonds. The highest BCUT2D eigenvalue weighted by molar-refractivity contribution is 7.90. The van der Waals surface area contributed by atoms with Gasteiger partial charge in [-0.2, -0.15) is 0 Å². The van der Waals surface area contributed by atoms with Gasteiger partial charge in [-0.05, 0) is 43.3 Å². The van der Waals surface area contributed by atoms with Crippen molar-refractivity contribution < 1.29 is 17.9 Å². The van der Waals surface area contributed by atoms with Crippen molar-refractivity contribution >= 4 is 26.5 Å². The van der Waals surface area contributed by atoms with Crippen LogP contribution in [0.3, 0.4) is 0 Å². The average molecular weight is 343 g/mol. The lowest BCUT2D eigenvalue weighted by molar-refractivity contribution is 0.103. The fraction of sp³-hybridized carbons (Fsp3) is 0.167. The highest BCUT2D eigenvalue weighted by Gasteiger charge is 2.19. The summed E-state index contributed by atoms with van der Waals surface area (Å²) in [5.74, 6) is 0.563. The molecule has 0 aliphatic carbocycles. The van der Waals surface area contributed by atoms with Crippen LogP contribution < -0.4 is 4.74 Å². The molecule has 0 radical (unpaired) electrons. The van der Waals surface area contributed by atoms with E-state index >= 15 is 0 Å². The first-order valence-electron chi connectivity index (χ1n) is 7.32. The van der Waals surface area contributed by atoms with Gasteiger partial charge in [-0.25, -0.2) is 8.42 Å². The van der Waals surface area contributed by atoms with Crippen LogP contribution in [-0.4, -0.2) is 32.6 Å². The third-order valence-electron chi connectivity index (χ3n) is 3.96. The van der Waals surface area contributed by atoms with Gasteiger partial charge in [-0.15, -0.1) is 0 Å². The lowest BCUT2D eigenvalue weighted by Crippen LogP contribution is -2.02. The Labute approximate surface area is 140 Å². The molecule has 0 unspecified atom stereocenters. The van der Waals surface area contributed by atoms with E-state index in [1.165, 1.54) is 6.07 Å². The number of benzene rings is 2. The highest BCUT2D eigenvalue weighted by Crippen LogP contribution is 2.27. The maximum atomic E-state index is 12.8. The fourth-order valence-corrected chi connectivity index (χ4v) is 3.37. The Bertz CT molecular complexity index is 1030. The molecule has 1 aromatic heterocycles. The van der Waals surface area contributed by atoms with Crippen molar-refractivity contribution in [1.82, 2.24) is 4.98 Å². The van der Waals surface area contributed by atoms with Crippen molar-refractivity contribution in [3.05, 3.63) is 59.3 Å². The number of carbonyl (C=O) groups excluding carboxylic acids is 1. The van der Waals surface area contributed by atoms with E-state index in [0.717, 1.165) is 6.26 Å². The number of aromatic amines is 1. The Morgan fingerprint density at radius 3 is 2.33 bits per heavy atom. The lowest BCUT2D eigenvalue weighted by Gasteiger charge is -2.04. The molecule has 3 rings (SSSR count). The van der Waals surface area contributed by atoms with Crippen LogP contribution in [0.5, 0.6) is 5.75 Å². The van der Waals surface area contributed by atoms with E-state index in [4.69, 9.17) is 4.74 Å². The van der Waals surface area contributed by atoms with Gasteiger partial charge < -0.3 is 9.72 Å². The number of ketones is 1. The Morgan fingerprint density at radius 1 is 1.08 bits per heavy atom. The second-order valence-electron chi connectivity index (χ2n) is 5.66. The molecule has 0 aliphatic rings. The number of ether oxygens (including phenoxy) is 1. The first kappa shape index (κ1) is 16.3. The second kappa shape index (κ2) is 5.79. The summed E-state index contributed by atoms with van der Waals surface area (Å²) in [6, 6.07) is 11.6. The second-order valence-corrected chi connectivity index (χ2v) is 7.68. The molecule has 124 valence electrons. The molecule has 1 N–H and O–H groups in total. The summed E-state index contributed by atoms with van der Waals surface area (Å²) in [5.41, 5.74) is 2.44. The molecule has 0 atom stereocenters. The van der Waals surface area contributed by atoms with Crippen molar-refractivity contribution in [2.75, 3.05) is 13.4 Å². The lowest BCUT2D eigenvalue weighted by atomic mass is 10.0. The number of aryl methyl sites for hydroxylation is 1. The van der Waals surface area contributed by atoms with E-state index in [2.05, 4.69) is 4.98 Å². The molecule has 0 saturated heterocycles. The molecule has 6 heteroatoms. The molecule has 3 aromatic rings. The monoisotopic (exact) mass is 343 g/mol.